The second-order valence-corrected chi connectivity index (χ2v) is 6.57. The van der Waals surface area contributed by atoms with E-state index in [4.69, 9.17) is 0 Å². The van der Waals surface area contributed by atoms with Crippen LogP contribution in [0, 0.1) is 17.8 Å². The van der Waals surface area contributed by atoms with Gasteiger partial charge in [-0.1, -0.05) is 32.4 Å². The normalized spacial score (nSPS) is 25.1. The predicted octanol–water partition coefficient (Wildman–Crippen LogP) is 2.73. The minimum absolute atomic E-state index is 0.0970. The van der Waals surface area contributed by atoms with E-state index >= 15 is 0 Å². The molecule has 0 radical (unpaired) electrons. The van der Waals surface area contributed by atoms with Crippen molar-refractivity contribution in [1.29, 1.82) is 0 Å². The highest BCUT2D eigenvalue weighted by Crippen LogP contribution is 2.27. The van der Waals surface area contributed by atoms with E-state index in [1.165, 1.54) is 12.0 Å². The molecule has 1 aliphatic rings. The lowest BCUT2D eigenvalue weighted by Gasteiger charge is -2.27. The molecular formula is C16H30N2O. The van der Waals surface area contributed by atoms with Gasteiger partial charge in [-0.3, -0.25) is 4.79 Å². The van der Waals surface area contributed by atoms with E-state index in [2.05, 4.69) is 44.4 Å². The summed E-state index contributed by atoms with van der Waals surface area (Å²) in [7, 11) is 0. The van der Waals surface area contributed by atoms with Gasteiger partial charge < -0.3 is 10.6 Å². The summed E-state index contributed by atoms with van der Waals surface area (Å²) in [6.07, 6.45) is 4.76. The molecule has 0 aromatic rings. The van der Waals surface area contributed by atoms with Crippen molar-refractivity contribution in [3.8, 4) is 0 Å². The zero-order valence-electron chi connectivity index (χ0n) is 13.1. The highest BCUT2D eigenvalue weighted by atomic mass is 16.2. The SMILES string of the molecule is CC1=CC(C)CC(CNC(C)C(=O)NCC(C)C)C1. The topological polar surface area (TPSA) is 41.1 Å². The fourth-order valence-electron chi connectivity index (χ4n) is 2.74. The number of nitrogens with one attached hydrogen (secondary N) is 2. The second kappa shape index (κ2) is 7.68. The highest BCUT2D eigenvalue weighted by molar-refractivity contribution is 5.81. The largest absolute Gasteiger partial charge is 0.354 e. The summed E-state index contributed by atoms with van der Waals surface area (Å²) < 4.78 is 0. The average molecular weight is 266 g/mol. The van der Waals surface area contributed by atoms with Crippen LogP contribution in [0.4, 0.5) is 0 Å². The van der Waals surface area contributed by atoms with Crippen molar-refractivity contribution in [2.75, 3.05) is 13.1 Å². The summed E-state index contributed by atoms with van der Waals surface area (Å²) in [5.41, 5.74) is 1.49. The molecule has 2 N–H and O–H groups in total. The molecule has 3 unspecified atom stereocenters. The summed E-state index contributed by atoms with van der Waals surface area (Å²) in [6, 6.07) is -0.0970. The number of hydrogen-bond donors (Lipinski definition) is 2. The summed E-state index contributed by atoms with van der Waals surface area (Å²) in [6.45, 7) is 12.3. The third-order valence-corrected chi connectivity index (χ3v) is 3.68. The van der Waals surface area contributed by atoms with Crippen LogP contribution in [0.5, 0.6) is 0 Å². The van der Waals surface area contributed by atoms with E-state index in [1.54, 1.807) is 0 Å². The lowest BCUT2D eigenvalue weighted by Crippen LogP contribution is -2.45. The van der Waals surface area contributed by atoms with E-state index in [1.807, 2.05) is 6.92 Å². The Kier molecular flexibility index (Phi) is 6.56. The average Bonchev–Trinajstić information content (AvgIpc) is 2.31. The maximum atomic E-state index is 11.9. The van der Waals surface area contributed by atoms with Crippen molar-refractivity contribution in [3.05, 3.63) is 11.6 Å². The van der Waals surface area contributed by atoms with Gasteiger partial charge in [0.15, 0.2) is 0 Å². The molecule has 0 bridgehead atoms. The van der Waals surface area contributed by atoms with Crippen LogP contribution in [0.25, 0.3) is 0 Å². The number of rotatable bonds is 6. The molecule has 0 heterocycles. The van der Waals surface area contributed by atoms with Gasteiger partial charge >= 0.3 is 0 Å². The van der Waals surface area contributed by atoms with Crippen LogP contribution in [0.2, 0.25) is 0 Å². The highest BCUT2D eigenvalue weighted by Gasteiger charge is 2.20. The van der Waals surface area contributed by atoms with Crippen molar-refractivity contribution in [2.24, 2.45) is 17.8 Å². The Morgan fingerprint density at radius 2 is 2.11 bits per heavy atom. The first kappa shape index (κ1) is 16.2. The summed E-state index contributed by atoms with van der Waals surface area (Å²) in [5, 5.41) is 6.35. The molecule has 3 nitrogen and oxygen atoms in total. The van der Waals surface area contributed by atoms with Crippen molar-refractivity contribution in [1.82, 2.24) is 10.6 Å². The zero-order chi connectivity index (χ0) is 14.4. The third-order valence-electron chi connectivity index (χ3n) is 3.68. The lowest BCUT2D eigenvalue weighted by atomic mass is 9.83. The van der Waals surface area contributed by atoms with Gasteiger partial charge in [0.25, 0.3) is 0 Å². The molecule has 0 saturated heterocycles. The molecule has 0 fully saturated rings. The lowest BCUT2D eigenvalue weighted by molar-refractivity contribution is -0.122. The maximum absolute atomic E-state index is 11.9. The quantitative estimate of drug-likeness (QED) is 0.726. The molecule has 0 aromatic carbocycles. The molecule has 0 saturated carbocycles. The fraction of sp³-hybridized carbons (Fsp3) is 0.812. The van der Waals surface area contributed by atoms with Gasteiger partial charge in [-0.05, 0) is 51.0 Å². The third kappa shape index (κ3) is 6.24. The number of allylic oxidation sites excluding steroid dienone is 2. The van der Waals surface area contributed by atoms with E-state index in [0.717, 1.165) is 19.5 Å². The summed E-state index contributed by atoms with van der Waals surface area (Å²) in [4.78, 5) is 11.9. The minimum Gasteiger partial charge on any atom is -0.354 e. The van der Waals surface area contributed by atoms with E-state index < -0.39 is 0 Å². The van der Waals surface area contributed by atoms with Gasteiger partial charge in [-0.25, -0.2) is 0 Å². The standard InChI is InChI=1S/C16H30N2O/c1-11(2)9-18-16(19)14(5)17-10-15-7-12(3)6-13(4)8-15/h6,11-12,14-15,17H,7-10H2,1-5H3,(H,18,19). The van der Waals surface area contributed by atoms with Gasteiger partial charge in [-0.2, -0.15) is 0 Å². The first-order chi connectivity index (χ1) is 8.88. The molecule has 3 atom stereocenters. The Morgan fingerprint density at radius 3 is 2.68 bits per heavy atom. The van der Waals surface area contributed by atoms with E-state index in [9.17, 15) is 4.79 Å². The van der Waals surface area contributed by atoms with Crippen LogP contribution >= 0.6 is 0 Å². The van der Waals surface area contributed by atoms with Crippen LogP contribution in [0.15, 0.2) is 11.6 Å². The molecule has 0 aliphatic heterocycles. The smallest absolute Gasteiger partial charge is 0.236 e. The van der Waals surface area contributed by atoms with Crippen molar-refractivity contribution in [2.45, 2.75) is 53.5 Å². The first-order valence-corrected chi connectivity index (χ1v) is 7.56. The summed E-state index contributed by atoms with van der Waals surface area (Å²) >= 11 is 0. The molecule has 19 heavy (non-hydrogen) atoms. The van der Waals surface area contributed by atoms with Crippen LogP contribution in [-0.4, -0.2) is 25.0 Å². The van der Waals surface area contributed by atoms with E-state index in [-0.39, 0.29) is 11.9 Å². The Bertz CT molecular complexity index is 323. The van der Waals surface area contributed by atoms with Crippen molar-refractivity contribution >= 4 is 5.91 Å². The molecule has 3 heteroatoms. The Labute approximate surface area is 118 Å². The number of hydrogen-bond acceptors (Lipinski definition) is 2. The zero-order valence-corrected chi connectivity index (χ0v) is 13.1. The molecule has 1 aliphatic carbocycles. The van der Waals surface area contributed by atoms with Crippen LogP contribution in [0.3, 0.4) is 0 Å². The molecule has 1 amide bonds. The fourth-order valence-corrected chi connectivity index (χ4v) is 2.74. The predicted molar refractivity (Wildman–Crippen MR) is 81.0 cm³/mol. The Morgan fingerprint density at radius 1 is 1.42 bits per heavy atom. The minimum atomic E-state index is -0.0970. The summed E-state index contributed by atoms with van der Waals surface area (Å²) in [5.74, 6) is 1.96. The molecule has 0 spiro atoms. The van der Waals surface area contributed by atoms with Gasteiger partial charge in [-0.15, -0.1) is 0 Å². The Hall–Kier alpha value is -0.830. The van der Waals surface area contributed by atoms with Crippen LogP contribution in [-0.2, 0) is 4.79 Å². The second-order valence-electron chi connectivity index (χ2n) is 6.57. The van der Waals surface area contributed by atoms with Crippen LogP contribution in [0.1, 0.15) is 47.5 Å². The maximum Gasteiger partial charge on any atom is 0.236 e. The number of carbonyl (C=O) groups excluding carboxylic acids is 1. The molecular weight excluding hydrogens is 236 g/mol. The molecule has 110 valence electrons. The number of carbonyl (C=O) groups is 1. The van der Waals surface area contributed by atoms with Gasteiger partial charge in [0.05, 0.1) is 6.04 Å². The molecule has 1 rings (SSSR count). The molecule has 0 aromatic heterocycles. The number of amides is 1. The van der Waals surface area contributed by atoms with Crippen molar-refractivity contribution < 1.29 is 4.79 Å². The van der Waals surface area contributed by atoms with Gasteiger partial charge in [0, 0.05) is 6.54 Å². The van der Waals surface area contributed by atoms with Gasteiger partial charge in [0.1, 0.15) is 0 Å². The van der Waals surface area contributed by atoms with Crippen molar-refractivity contribution in [3.63, 3.8) is 0 Å². The van der Waals surface area contributed by atoms with Crippen LogP contribution < -0.4 is 10.6 Å². The van der Waals surface area contributed by atoms with E-state index in [0.29, 0.717) is 17.8 Å². The van der Waals surface area contributed by atoms with Gasteiger partial charge in [0.2, 0.25) is 5.91 Å². The first-order valence-electron chi connectivity index (χ1n) is 7.56. The monoisotopic (exact) mass is 266 g/mol. The Balaban J connectivity index is 2.28.